The van der Waals surface area contributed by atoms with Crippen LogP contribution >= 0.6 is 15.9 Å². The molecule has 1 aromatic rings. The van der Waals surface area contributed by atoms with Gasteiger partial charge in [0.15, 0.2) is 0 Å². The Bertz CT molecular complexity index is 344. The van der Waals surface area contributed by atoms with Gasteiger partial charge < -0.3 is 5.32 Å². The van der Waals surface area contributed by atoms with Crippen LogP contribution in [-0.2, 0) is 0 Å². The minimum Gasteiger partial charge on any atom is -0.310 e. The second kappa shape index (κ2) is 6.60. The number of nitriles is 1. The van der Waals surface area contributed by atoms with Gasteiger partial charge in [-0.1, -0.05) is 28.1 Å². The SMILES string of the molecule is C[C@@H](NCCCC#N)c1cccc(Br)c1. The number of hydrogen-bond donors (Lipinski definition) is 1. The van der Waals surface area contributed by atoms with E-state index >= 15 is 0 Å². The second-order valence-electron chi connectivity index (χ2n) is 3.49. The van der Waals surface area contributed by atoms with E-state index in [1.165, 1.54) is 5.56 Å². The molecule has 3 heteroatoms. The number of nitrogens with zero attached hydrogens (tertiary/aromatic N) is 1. The minimum absolute atomic E-state index is 0.334. The molecule has 1 aromatic carbocycles. The molecule has 0 aromatic heterocycles. The number of rotatable bonds is 5. The number of nitrogens with one attached hydrogen (secondary N) is 1. The quantitative estimate of drug-likeness (QED) is 0.830. The highest BCUT2D eigenvalue weighted by Gasteiger charge is 2.03. The zero-order valence-electron chi connectivity index (χ0n) is 8.83. The average molecular weight is 267 g/mol. The lowest BCUT2D eigenvalue weighted by atomic mass is 10.1. The summed E-state index contributed by atoms with van der Waals surface area (Å²) in [6, 6.07) is 10.7. The molecule has 1 atom stereocenters. The van der Waals surface area contributed by atoms with E-state index in [4.69, 9.17) is 5.26 Å². The molecular weight excluding hydrogens is 252 g/mol. The first kappa shape index (κ1) is 12.2. The zero-order chi connectivity index (χ0) is 11.1. The first-order valence-corrected chi connectivity index (χ1v) is 5.89. The Morgan fingerprint density at radius 1 is 1.53 bits per heavy atom. The fourth-order valence-electron chi connectivity index (χ4n) is 1.38. The maximum Gasteiger partial charge on any atom is 0.0622 e. The summed E-state index contributed by atoms with van der Waals surface area (Å²) in [4.78, 5) is 0. The van der Waals surface area contributed by atoms with E-state index in [1.807, 2.05) is 12.1 Å². The third-order valence-electron chi connectivity index (χ3n) is 2.26. The summed E-state index contributed by atoms with van der Waals surface area (Å²) < 4.78 is 1.10. The van der Waals surface area contributed by atoms with Gasteiger partial charge in [-0.2, -0.15) is 5.26 Å². The van der Waals surface area contributed by atoms with E-state index in [-0.39, 0.29) is 0 Å². The number of benzene rings is 1. The minimum atomic E-state index is 0.334. The Balaban J connectivity index is 2.40. The van der Waals surface area contributed by atoms with Crippen LogP contribution in [-0.4, -0.2) is 6.54 Å². The van der Waals surface area contributed by atoms with E-state index in [0.717, 1.165) is 17.4 Å². The molecule has 0 heterocycles. The lowest BCUT2D eigenvalue weighted by Gasteiger charge is -2.13. The molecule has 80 valence electrons. The van der Waals surface area contributed by atoms with Crippen LogP contribution in [0.25, 0.3) is 0 Å². The fourth-order valence-corrected chi connectivity index (χ4v) is 1.80. The topological polar surface area (TPSA) is 35.8 Å². The van der Waals surface area contributed by atoms with E-state index in [1.54, 1.807) is 0 Å². The van der Waals surface area contributed by atoms with Gasteiger partial charge in [0.2, 0.25) is 0 Å². The fraction of sp³-hybridized carbons (Fsp3) is 0.417. The largest absolute Gasteiger partial charge is 0.310 e. The molecular formula is C12H15BrN2. The van der Waals surface area contributed by atoms with Crippen LogP contribution in [0.15, 0.2) is 28.7 Å². The van der Waals surface area contributed by atoms with E-state index in [9.17, 15) is 0 Å². The predicted molar refractivity (Wildman–Crippen MR) is 65.4 cm³/mol. The summed E-state index contributed by atoms with van der Waals surface area (Å²) in [6.07, 6.45) is 1.53. The van der Waals surface area contributed by atoms with Crippen molar-refractivity contribution in [1.29, 1.82) is 5.26 Å². The normalized spacial score (nSPS) is 12.1. The Morgan fingerprint density at radius 3 is 3.00 bits per heavy atom. The molecule has 2 nitrogen and oxygen atoms in total. The average Bonchev–Trinajstić information content (AvgIpc) is 2.24. The van der Waals surface area contributed by atoms with Crippen molar-refractivity contribution >= 4 is 15.9 Å². The molecule has 0 aliphatic carbocycles. The number of halogens is 1. The summed E-state index contributed by atoms with van der Waals surface area (Å²) in [5, 5.41) is 11.8. The number of hydrogen-bond acceptors (Lipinski definition) is 2. The van der Waals surface area contributed by atoms with Gasteiger partial charge in [-0.3, -0.25) is 0 Å². The van der Waals surface area contributed by atoms with Crippen molar-refractivity contribution in [2.75, 3.05) is 6.54 Å². The molecule has 0 radical (unpaired) electrons. The molecule has 0 fully saturated rings. The molecule has 0 saturated heterocycles. The van der Waals surface area contributed by atoms with Gasteiger partial charge in [0.1, 0.15) is 0 Å². The third kappa shape index (κ3) is 4.46. The van der Waals surface area contributed by atoms with Crippen LogP contribution in [0.5, 0.6) is 0 Å². The zero-order valence-corrected chi connectivity index (χ0v) is 10.4. The molecule has 0 aliphatic heterocycles. The first-order valence-electron chi connectivity index (χ1n) is 5.10. The molecule has 0 saturated carbocycles. The summed E-state index contributed by atoms with van der Waals surface area (Å²) in [7, 11) is 0. The molecule has 0 aliphatic rings. The highest BCUT2D eigenvalue weighted by molar-refractivity contribution is 9.10. The summed E-state index contributed by atoms with van der Waals surface area (Å²) in [5.74, 6) is 0. The van der Waals surface area contributed by atoms with Crippen molar-refractivity contribution in [2.24, 2.45) is 0 Å². The van der Waals surface area contributed by atoms with Crippen LogP contribution in [0.4, 0.5) is 0 Å². The molecule has 0 spiro atoms. The maximum absolute atomic E-state index is 8.40. The van der Waals surface area contributed by atoms with Crippen molar-refractivity contribution in [3.8, 4) is 6.07 Å². The maximum atomic E-state index is 8.40. The van der Waals surface area contributed by atoms with Gasteiger partial charge in [0, 0.05) is 16.9 Å². The molecule has 0 amide bonds. The van der Waals surface area contributed by atoms with E-state index in [0.29, 0.717) is 12.5 Å². The molecule has 15 heavy (non-hydrogen) atoms. The van der Waals surface area contributed by atoms with Gasteiger partial charge in [0.25, 0.3) is 0 Å². The van der Waals surface area contributed by atoms with Crippen LogP contribution in [0.3, 0.4) is 0 Å². The van der Waals surface area contributed by atoms with Gasteiger partial charge in [0.05, 0.1) is 6.07 Å². The Hall–Kier alpha value is -0.850. The van der Waals surface area contributed by atoms with Crippen LogP contribution in [0.1, 0.15) is 31.4 Å². The summed E-state index contributed by atoms with van der Waals surface area (Å²) >= 11 is 3.45. The van der Waals surface area contributed by atoms with Gasteiger partial charge in [-0.25, -0.2) is 0 Å². The van der Waals surface area contributed by atoms with Gasteiger partial charge in [-0.05, 0) is 37.6 Å². The molecule has 1 rings (SSSR count). The van der Waals surface area contributed by atoms with E-state index < -0.39 is 0 Å². The van der Waals surface area contributed by atoms with Crippen LogP contribution in [0, 0.1) is 11.3 Å². The summed E-state index contributed by atoms with van der Waals surface area (Å²) in [6.45, 7) is 3.02. The lowest BCUT2D eigenvalue weighted by Crippen LogP contribution is -2.19. The van der Waals surface area contributed by atoms with E-state index in [2.05, 4.69) is 46.4 Å². The van der Waals surface area contributed by atoms with Gasteiger partial charge in [-0.15, -0.1) is 0 Å². The predicted octanol–water partition coefficient (Wildman–Crippen LogP) is 3.40. The Kier molecular flexibility index (Phi) is 5.38. The second-order valence-corrected chi connectivity index (χ2v) is 4.41. The highest BCUT2D eigenvalue weighted by atomic mass is 79.9. The summed E-state index contributed by atoms with van der Waals surface area (Å²) in [5.41, 5.74) is 1.27. The Labute approximate surface area is 99.4 Å². The highest BCUT2D eigenvalue weighted by Crippen LogP contribution is 2.17. The van der Waals surface area contributed by atoms with Crippen molar-refractivity contribution in [3.05, 3.63) is 34.3 Å². The lowest BCUT2D eigenvalue weighted by molar-refractivity contribution is 0.562. The van der Waals surface area contributed by atoms with Crippen molar-refractivity contribution < 1.29 is 0 Å². The standard InChI is InChI=1S/C12H15BrN2/c1-10(15-8-3-2-7-14)11-5-4-6-12(13)9-11/h4-6,9-10,15H,2-3,8H2,1H3/t10-/m1/s1. The van der Waals surface area contributed by atoms with Crippen molar-refractivity contribution in [2.45, 2.75) is 25.8 Å². The number of unbranched alkanes of at least 4 members (excludes halogenated alkanes) is 1. The third-order valence-corrected chi connectivity index (χ3v) is 2.76. The monoisotopic (exact) mass is 266 g/mol. The first-order chi connectivity index (χ1) is 7.24. The molecule has 0 bridgehead atoms. The molecule has 1 N–H and O–H groups in total. The molecule has 0 unspecified atom stereocenters. The smallest absolute Gasteiger partial charge is 0.0622 e. The Morgan fingerprint density at radius 2 is 2.33 bits per heavy atom. The van der Waals surface area contributed by atoms with Crippen LogP contribution < -0.4 is 5.32 Å². The van der Waals surface area contributed by atoms with Crippen molar-refractivity contribution in [3.63, 3.8) is 0 Å². The van der Waals surface area contributed by atoms with Crippen LogP contribution in [0.2, 0.25) is 0 Å². The van der Waals surface area contributed by atoms with Crippen molar-refractivity contribution in [1.82, 2.24) is 5.32 Å². The van der Waals surface area contributed by atoms with Gasteiger partial charge >= 0.3 is 0 Å².